The Labute approximate surface area is 65.6 Å². The third-order valence-electron chi connectivity index (χ3n) is 1.49. The lowest BCUT2D eigenvalue weighted by atomic mass is 9.93. The van der Waals surface area contributed by atoms with Crippen LogP contribution >= 0.6 is 0 Å². The summed E-state index contributed by atoms with van der Waals surface area (Å²) in [6, 6.07) is 1.59. The highest BCUT2D eigenvalue weighted by molar-refractivity contribution is 5.98. The quantitative estimate of drug-likeness (QED) is 0.499. The highest BCUT2D eigenvalue weighted by Crippen LogP contribution is 2.10. The van der Waals surface area contributed by atoms with Crippen LogP contribution < -0.4 is 0 Å². The van der Waals surface area contributed by atoms with E-state index in [0.717, 1.165) is 0 Å². The second-order valence-corrected chi connectivity index (χ2v) is 2.53. The van der Waals surface area contributed by atoms with Crippen LogP contribution in [0.5, 0.6) is 0 Å². The van der Waals surface area contributed by atoms with Gasteiger partial charge >= 0.3 is 0 Å². The second kappa shape index (κ2) is 4.06. The van der Waals surface area contributed by atoms with Gasteiger partial charge in [0.1, 0.15) is 11.8 Å². The zero-order valence-electron chi connectivity index (χ0n) is 6.57. The second-order valence-electron chi connectivity index (χ2n) is 2.53. The van der Waals surface area contributed by atoms with Gasteiger partial charge in [-0.2, -0.15) is 5.26 Å². The molecule has 11 heavy (non-hydrogen) atoms. The van der Waals surface area contributed by atoms with Gasteiger partial charge in [0.25, 0.3) is 0 Å². The molecule has 0 saturated carbocycles. The zero-order valence-corrected chi connectivity index (χ0v) is 6.57. The first-order valence-corrected chi connectivity index (χ1v) is 3.35. The van der Waals surface area contributed by atoms with Crippen molar-refractivity contribution in [3.63, 3.8) is 0 Å². The first-order valence-electron chi connectivity index (χ1n) is 3.35. The number of hydrogen-bond acceptors (Lipinski definition) is 4. The summed E-state index contributed by atoms with van der Waals surface area (Å²) in [6.07, 6.45) is -1.72. The van der Waals surface area contributed by atoms with Crippen molar-refractivity contribution in [2.75, 3.05) is 0 Å². The van der Waals surface area contributed by atoms with Crippen molar-refractivity contribution in [2.24, 2.45) is 5.92 Å². The summed E-state index contributed by atoms with van der Waals surface area (Å²) in [5.74, 6) is -0.764. The van der Waals surface area contributed by atoms with Gasteiger partial charge in [-0.1, -0.05) is 0 Å². The predicted octanol–water partition coefficient (Wildman–Crippen LogP) is -0.0925. The summed E-state index contributed by atoms with van der Waals surface area (Å²) in [6.45, 7) is 2.90. The summed E-state index contributed by atoms with van der Waals surface area (Å²) >= 11 is 0. The third-order valence-corrected chi connectivity index (χ3v) is 1.49. The average molecular weight is 156 g/mol. The maximum atomic E-state index is 9.03. The average Bonchev–Trinajstić information content (AvgIpc) is 1.85. The molecule has 0 saturated heterocycles. The van der Waals surface area contributed by atoms with Gasteiger partial charge in [-0.3, -0.25) is 5.41 Å². The Balaban J connectivity index is 4.37. The molecule has 0 aromatic heterocycles. The van der Waals surface area contributed by atoms with Crippen molar-refractivity contribution in [2.45, 2.75) is 26.1 Å². The van der Waals surface area contributed by atoms with E-state index in [2.05, 4.69) is 0 Å². The molecule has 0 spiro atoms. The molecule has 0 rings (SSSR count). The van der Waals surface area contributed by atoms with E-state index in [0.29, 0.717) is 0 Å². The normalized spacial score (nSPS) is 18.1. The molecule has 0 fully saturated rings. The fourth-order valence-corrected chi connectivity index (χ4v) is 0.960. The standard InChI is InChI=1S/C7H12N2O2/c1-4(10)7(5(2)11)6(9)3-8/h4-5,7,9-11H,1-2H3. The van der Waals surface area contributed by atoms with Crippen LogP contribution in [0.2, 0.25) is 0 Å². The molecule has 0 aromatic carbocycles. The Kier molecular flexibility index (Phi) is 3.72. The van der Waals surface area contributed by atoms with Gasteiger partial charge in [0.2, 0.25) is 0 Å². The molecule has 2 atom stereocenters. The number of nitrogens with zero attached hydrogens (tertiary/aromatic N) is 1. The van der Waals surface area contributed by atoms with Crippen LogP contribution in [-0.2, 0) is 0 Å². The number of nitrogens with one attached hydrogen (secondary N) is 1. The van der Waals surface area contributed by atoms with E-state index in [4.69, 9.17) is 20.9 Å². The van der Waals surface area contributed by atoms with Crippen LogP contribution in [-0.4, -0.2) is 28.1 Å². The first-order chi connectivity index (χ1) is 5.00. The molecule has 3 N–H and O–H groups in total. The molecule has 4 nitrogen and oxygen atoms in total. The van der Waals surface area contributed by atoms with Gasteiger partial charge in [0.15, 0.2) is 0 Å². The zero-order chi connectivity index (χ0) is 9.02. The number of aliphatic hydroxyl groups is 2. The molecule has 0 aliphatic rings. The molecule has 2 unspecified atom stereocenters. The molecular weight excluding hydrogens is 144 g/mol. The number of hydrogen-bond donors (Lipinski definition) is 3. The molecule has 0 bridgehead atoms. The minimum Gasteiger partial charge on any atom is -0.393 e. The molecule has 0 aliphatic carbocycles. The van der Waals surface area contributed by atoms with Crippen LogP contribution in [0.4, 0.5) is 0 Å². The fourth-order valence-electron chi connectivity index (χ4n) is 0.960. The van der Waals surface area contributed by atoms with Gasteiger partial charge in [0.05, 0.1) is 18.1 Å². The van der Waals surface area contributed by atoms with Crippen molar-refractivity contribution < 1.29 is 10.2 Å². The molecule has 4 heteroatoms. The van der Waals surface area contributed by atoms with Gasteiger partial charge in [-0.15, -0.1) is 0 Å². The van der Waals surface area contributed by atoms with E-state index in [-0.39, 0.29) is 5.71 Å². The molecule has 0 aromatic rings. The van der Waals surface area contributed by atoms with Crippen molar-refractivity contribution in [3.05, 3.63) is 0 Å². The number of nitriles is 1. The van der Waals surface area contributed by atoms with E-state index < -0.39 is 18.1 Å². The molecule has 0 heterocycles. The van der Waals surface area contributed by atoms with Gasteiger partial charge in [-0.25, -0.2) is 0 Å². The van der Waals surface area contributed by atoms with Gasteiger partial charge < -0.3 is 10.2 Å². The monoisotopic (exact) mass is 156 g/mol. The van der Waals surface area contributed by atoms with E-state index in [1.807, 2.05) is 0 Å². The van der Waals surface area contributed by atoms with Crippen LogP contribution in [0.3, 0.4) is 0 Å². The largest absolute Gasteiger partial charge is 0.393 e. The first kappa shape index (κ1) is 10.1. The van der Waals surface area contributed by atoms with E-state index in [9.17, 15) is 0 Å². The van der Waals surface area contributed by atoms with Crippen molar-refractivity contribution in [1.29, 1.82) is 10.7 Å². The van der Waals surface area contributed by atoms with Crippen LogP contribution in [0.1, 0.15) is 13.8 Å². The summed E-state index contributed by atoms with van der Waals surface area (Å²) in [5.41, 5.74) is -0.282. The summed E-state index contributed by atoms with van der Waals surface area (Å²) in [4.78, 5) is 0. The van der Waals surface area contributed by atoms with E-state index in [1.165, 1.54) is 13.8 Å². The summed E-state index contributed by atoms with van der Waals surface area (Å²) in [7, 11) is 0. The van der Waals surface area contributed by atoms with Crippen LogP contribution in [0.15, 0.2) is 0 Å². The summed E-state index contributed by atoms with van der Waals surface area (Å²) in [5, 5.41) is 33.4. The Bertz CT molecular complexity index is 173. The highest BCUT2D eigenvalue weighted by Gasteiger charge is 2.24. The van der Waals surface area contributed by atoms with Crippen molar-refractivity contribution in [3.8, 4) is 6.07 Å². The lowest BCUT2D eigenvalue weighted by molar-refractivity contribution is 0.0673. The van der Waals surface area contributed by atoms with Gasteiger partial charge in [-0.05, 0) is 13.8 Å². The smallest absolute Gasteiger partial charge is 0.117 e. The molecular formula is C7H12N2O2. The van der Waals surface area contributed by atoms with Crippen molar-refractivity contribution in [1.82, 2.24) is 0 Å². The minimum atomic E-state index is -0.859. The molecule has 0 aliphatic heterocycles. The predicted molar refractivity (Wildman–Crippen MR) is 40.2 cm³/mol. The molecule has 0 amide bonds. The maximum Gasteiger partial charge on any atom is 0.117 e. The lowest BCUT2D eigenvalue weighted by Crippen LogP contribution is -2.33. The number of aliphatic hydroxyl groups excluding tert-OH is 2. The van der Waals surface area contributed by atoms with E-state index in [1.54, 1.807) is 6.07 Å². The van der Waals surface area contributed by atoms with Crippen LogP contribution in [0.25, 0.3) is 0 Å². The van der Waals surface area contributed by atoms with Crippen molar-refractivity contribution >= 4 is 5.71 Å². The highest BCUT2D eigenvalue weighted by atomic mass is 16.3. The van der Waals surface area contributed by atoms with E-state index >= 15 is 0 Å². The Morgan fingerprint density at radius 2 is 1.73 bits per heavy atom. The minimum absolute atomic E-state index is 0.282. The summed E-state index contributed by atoms with van der Waals surface area (Å²) < 4.78 is 0. The lowest BCUT2D eigenvalue weighted by Gasteiger charge is -2.19. The molecule has 0 radical (unpaired) electrons. The van der Waals surface area contributed by atoms with Gasteiger partial charge in [0, 0.05) is 0 Å². The maximum absolute atomic E-state index is 9.03. The topological polar surface area (TPSA) is 88.1 Å². The third kappa shape index (κ3) is 2.66. The fraction of sp³-hybridized carbons (Fsp3) is 0.714. The Morgan fingerprint density at radius 3 is 1.82 bits per heavy atom. The SMILES string of the molecule is CC(O)C(C(=N)C#N)C(C)O. The molecule has 62 valence electrons. The Hall–Kier alpha value is -0.920. The Morgan fingerprint density at radius 1 is 1.36 bits per heavy atom. The van der Waals surface area contributed by atoms with Crippen LogP contribution in [0, 0.1) is 22.7 Å². The number of rotatable bonds is 3.